The highest BCUT2D eigenvalue weighted by Crippen LogP contribution is 2.25. The first-order chi connectivity index (χ1) is 6.16. The Morgan fingerprint density at radius 2 is 1.69 bits per heavy atom. The molecule has 0 bridgehead atoms. The smallest absolute Gasteiger partial charge is 0.0791 e. The molecule has 0 aliphatic heterocycles. The number of benzene rings is 1. The van der Waals surface area contributed by atoms with Crippen LogP contribution in [0, 0.1) is 0 Å². The van der Waals surface area contributed by atoms with E-state index in [0.717, 1.165) is 11.1 Å². The van der Waals surface area contributed by atoms with Gasteiger partial charge in [-0.25, -0.2) is 0 Å². The predicted octanol–water partition coefficient (Wildman–Crippen LogP) is 2.18. The molecule has 2 N–H and O–H groups in total. The first kappa shape index (κ1) is 10.2. The van der Waals surface area contributed by atoms with Gasteiger partial charge in [0.25, 0.3) is 0 Å². The molecule has 13 heavy (non-hydrogen) atoms. The summed E-state index contributed by atoms with van der Waals surface area (Å²) in [7, 11) is 0. The van der Waals surface area contributed by atoms with Crippen molar-refractivity contribution in [1.29, 1.82) is 0 Å². The lowest BCUT2D eigenvalue weighted by Crippen LogP contribution is -2.03. The van der Waals surface area contributed by atoms with Gasteiger partial charge in [-0.2, -0.15) is 0 Å². The van der Waals surface area contributed by atoms with Crippen LogP contribution in [0.15, 0.2) is 24.3 Å². The number of hydrogen-bond donors (Lipinski definition) is 2. The van der Waals surface area contributed by atoms with Crippen LogP contribution in [0.2, 0.25) is 0 Å². The highest BCUT2D eigenvalue weighted by molar-refractivity contribution is 5.30. The molecule has 0 saturated carbocycles. The minimum atomic E-state index is -0.516. The average Bonchev–Trinajstić information content (AvgIpc) is 2.16. The average molecular weight is 180 g/mol. The number of hydrogen-bond acceptors (Lipinski definition) is 2. The fourth-order valence-electron chi connectivity index (χ4n) is 1.41. The first-order valence-electron chi connectivity index (χ1n) is 4.61. The maximum Gasteiger partial charge on any atom is 0.0791 e. The molecule has 0 radical (unpaired) electrons. The van der Waals surface area contributed by atoms with Gasteiger partial charge in [-0.05, 0) is 24.5 Å². The maximum absolute atomic E-state index is 9.65. The van der Waals surface area contributed by atoms with Gasteiger partial charge in [0, 0.05) is 0 Å². The zero-order valence-electron chi connectivity index (χ0n) is 8.07. The molecule has 0 saturated heterocycles. The van der Waals surface area contributed by atoms with E-state index < -0.39 is 12.2 Å². The zero-order valence-corrected chi connectivity index (χ0v) is 8.07. The van der Waals surface area contributed by atoms with Crippen LogP contribution < -0.4 is 0 Å². The standard InChI is InChI=1S/C11H16O2/c1-3-11(13)10-7-5-4-6-9(10)8(2)12/h4-8,11-13H,3H2,1-2H3/t8-,11+/m1/s1. The lowest BCUT2D eigenvalue weighted by Gasteiger charge is -2.15. The van der Waals surface area contributed by atoms with Crippen molar-refractivity contribution >= 4 is 0 Å². The Morgan fingerprint density at radius 1 is 1.15 bits per heavy atom. The number of rotatable bonds is 3. The van der Waals surface area contributed by atoms with Crippen molar-refractivity contribution in [3.05, 3.63) is 35.4 Å². The third kappa shape index (κ3) is 2.29. The van der Waals surface area contributed by atoms with Crippen LogP contribution in [-0.4, -0.2) is 10.2 Å². The van der Waals surface area contributed by atoms with Gasteiger partial charge in [0.1, 0.15) is 0 Å². The quantitative estimate of drug-likeness (QED) is 0.748. The molecule has 0 aromatic heterocycles. The van der Waals surface area contributed by atoms with E-state index in [1.54, 1.807) is 6.92 Å². The predicted molar refractivity (Wildman–Crippen MR) is 52.3 cm³/mol. The van der Waals surface area contributed by atoms with Crippen LogP contribution in [0.3, 0.4) is 0 Å². The summed E-state index contributed by atoms with van der Waals surface area (Å²) < 4.78 is 0. The Bertz CT molecular complexity index is 269. The lowest BCUT2D eigenvalue weighted by molar-refractivity contribution is 0.159. The van der Waals surface area contributed by atoms with E-state index in [-0.39, 0.29) is 0 Å². The molecule has 72 valence electrons. The van der Waals surface area contributed by atoms with Crippen LogP contribution in [0.4, 0.5) is 0 Å². The molecular formula is C11H16O2. The molecule has 0 aliphatic rings. The molecule has 0 fully saturated rings. The molecule has 2 heteroatoms. The van der Waals surface area contributed by atoms with Crippen LogP contribution in [0.1, 0.15) is 43.6 Å². The third-order valence-electron chi connectivity index (χ3n) is 2.19. The number of aliphatic hydroxyl groups is 2. The third-order valence-corrected chi connectivity index (χ3v) is 2.19. The van der Waals surface area contributed by atoms with Crippen LogP contribution in [-0.2, 0) is 0 Å². The molecule has 2 nitrogen and oxygen atoms in total. The summed E-state index contributed by atoms with van der Waals surface area (Å²) in [5.74, 6) is 0. The van der Waals surface area contributed by atoms with Crippen molar-refractivity contribution in [3.63, 3.8) is 0 Å². The van der Waals surface area contributed by atoms with E-state index in [2.05, 4.69) is 0 Å². The largest absolute Gasteiger partial charge is 0.389 e. The van der Waals surface area contributed by atoms with Crippen LogP contribution in [0.25, 0.3) is 0 Å². The molecule has 0 heterocycles. The Hall–Kier alpha value is -0.860. The maximum atomic E-state index is 9.65. The van der Waals surface area contributed by atoms with Gasteiger partial charge >= 0.3 is 0 Å². The zero-order chi connectivity index (χ0) is 9.84. The Kier molecular flexibility index (Phi) is 3.46. The van der Waals surface area contributed by atoms with Crippen molar-refractivity contribution in [2.45, 2.75) is 32.5 Å². The Morgan fingerprint density at radius 3 is 2.15 bits per heavy atom. The molecule has 1 rings (SSSR count). The van der Waals surface area contributed by atoms with Crippen molar-refractivity contribution in [3.8, 4) is 0 Å². The second-order valence-electron chi connectivity index (χ2n) is 3.23. The summed E-state index contributed by atoms with van der Waals surface area (Å²) in [5, 5.41) is 19.1. The van der Waals surface area contributed by atoms with Crippen LogP contribution in [0.5, 0.6) is 0 Å². The lowest BCUT2D eigenvalue weighted by atomic mass is 9.98. The van der Waals surface area contributed by atoms with Crippen molar-refractivity contribution in [2.24, 2.45) is 0 Å². The van der Waals surface area contributed by atoms with E-state index in [0.29, 0.717) is 6.42 Å². The molecule has 1 aromatic carbocycles. The summed E-state index contributed by atoms with van der Waals surface area (Å²) in [6, 6.07) is 7.45. The minimum absolute atomic E-state index is 0.467. The molecule has 0 aliphatic carbocycles. The molecule has 2 atom stereocenters. The van der Waals surface area contributed by atoms with E-state index in [1.165, 1.54) is 0 Å². The summed E-state index contributed by atoms with van der Waals surface area (Å²) >= 11 is 0. The highest BCUT2D eigenvalue weighted by Gasteiger charge is 2.12. The molecular weight excluding hydrogens is 164 g/mol. The first-order valence-corrected chi connectivity index (χ1v) is 4.61. The van der Waals surface area contributed by atoms with Gasteiger partial charge in [0.2, 0.25) is 0 Å². The van der Waals surface area contributed by atoms with Gasteiger partial charge in [-0.1, -0.05) is 31.2 Å². The topological polar surface area (TPSA) is 40.5 Å². The molecule has 0 unspecified atom stereocenters. The summed E-state index contributed by atoms with van der Waals surface area (Å²) in [5.41, 5.74) is 1.65. The van der Waals surface area contributed by atoms with Crippen LogP contribution >= 0.6 is 0 Å². The van der Waals surface area contributed by atoms with Crippen molar-refractivity contribution < 1.29 is 10.2 Å². The normalized spacial score (nSPS) is 15.4. The highest BCUT2D eigenvalue weighted by atomic mass is 16.3. The molecule has 1 aromatic rings. The Labute approximate surface area is 78.8 Å². The monoisotopic (exact) mass is 180 g/mol. The molecule has 0 amide bonds. The van der Waals surface area contributed by atoms with Gasteiger partial charge < -0.3 is 10.2 Å². The second-order valence-corrected chi connectivity index (χ2v) is 3.23. The minimum Gasteiger partial charge on any atom is -0.389 e. The SMILES string of the molecule is CC[C@H](O)c1ccccc1[C@@H](C)O. The van der Waals surface area contributed by atoms with E-state index in [9.17, 15) is 10.2 Å². The van der Waals surface area contributed by atoms with E-state index in [1.807, 2.05) is 31.2 Å². The van der Waals surface area contributed by atoms with Crippen molar-refractivity contribution in [1.82, 2.24) is 0 Å². The fraction of sp³-hybridized carbons (Fsp3) is 0.455. The summed E-state index contributed by atoms with van der Waals surface area (Å²) in [6.07, 6.45) is -0.313. The van der Waals surface area contributed by atoms with Gasteiger partial charge in [-0.15, -0.1) is 0 Å². The molecule has 0 spiro atoms. The van der Waals surface area contributed by atoms with Gasteiger partial charge in [0.15, 0.2) is 0 Å². The summed E-state index contributed by atoms with van der Waals surface area (Å²) in [4.78, 5) is 0. The Balaban J connectivity index is 3.04. The summed E-state index contributed by atoms with van der Waals surface area (Å²) in [6.45, 7) is 3.63. The number of aliphatic hydroxyl groups excluding tert-OH is 2. The van der Waals surface area contributed by atoms with Gasteiger partial charge in [-0.3, -0.25) is 0 Å². The van der Waals surface area contributed by atoms with Crippen molar-refractivity contribution in [2.75, 3.05) is 0 Å². The van der Waals surface area contributed by atoms with E-state index in [4.69, 9.17) is 0 Å². The second kappa shape index (κ2) is 4.40. The fourth-order valence-corrected chi connectivity index (χ4v) is 1.41. The van der Waals surface area contributed by atoms with E-state index >= 15 is 0 Å². The van der Waals surface area contributed by atoms with Gasteiger partial charge in [0.05, 0.1) is 12.2 Å².